The lowest BCUT2D eigenvalue weighted by Gasteiger charge is -2.20. The maximum atomic E-state index is 12.1. The average Bonchev–Trinajstić information content (AvgIpc) is 2.46. The van der Waals surface area contributed by atoms with Crippen LogP contribution in [0.3, 0.4) is 0 Å². The highest BCUT2D eigenvalue weighted by atomic mass is 16.5. The van der Waals surface area contributed by atoms with E-state index in [4.69, 9.17) is 9.47 Å². The summed E-state index contributed by atoms with van der Waals surface area (Å²) in [5.74, 6) is -0.0738. The van der Waals surface area contributed by atoms with E-state index >= 15 is 0 Å². The van der Waals surface area contributed by atoms with Crippen LogP contribution in [0.1, 0.15) is 12.5 Å². The van der Waals surface area contributed by atoms with Gasteiger partial charge in [0.05, 0.1) is 6.61 Å². The number of benzene rings is 1. The molecule has 1 rings (SSSR count). The Balaban J connectivity index is 2.58. The molecule has 0 N–H and O–H groups in total. The molecule has 0 aromatic heterocycles. The first-order chi connectivity index (χ1) is 10.1. The summed E-state index contributed by atoms with van der Waals surface area (Å²) in [5, 5.41) is 0. The van der Waals surface area contributed by atoms with Gasteiger partial charge < -0.3 is 14.4 Å². The second-order valence-corrected chi connectivity index (χ2v) is 4.42. The van der Waals surface area contributed by atoms with Gasteiger partial charge in [-0.15, -0.1) is 6.58 Å². The van der Waals surface area contributed by atoms with Crippen LogP contribution in [0.4, 0.5) is 0 Å². The number of carbonyl (C=O) groups is 2. The van der Waals surface area contributed by atoms with Gasteiger partial charge in [-0.2, -0.15) is 0 Å². The normalized spacial score (nSPS) is 9.81. The summed E-state index contributed by atoms with van der Waals surface area (Å²) >= 11 is 0. The van der Waals surface area contributed by atoms with Crippen LogP contribution in [0.15, 0.2) is 36.9 Å². The third-order valence-corrected chi connectivity index (χ3v) is 2.77. The van der Waals surface area contributed by atoms with E-state index in [0.29, 0.717) is 5.75 Å². The number of aryl methyl sites for hydroxylation is 1. The summed E-state index contributed by atoms with van der Waals surface area (Å²) in [7, 11) is 0. The Morgan fingerprint density at radius 3 is 2.67 bits per heavy atom. The lowest BCUT2D eigenvalue weighted by atomic mass is 10.2. The molecule has 1 aromatic carbocycles. The molecule has 0 fully saturated rings. The third kappa shape index (κ3) is 5.69. The highest BCUT2D eigenvalue weighted by Gasteiger charge is 2.17. The molecule has 0 radical (unpaired) electrons. The van der Waals surface area contributed by atoms with Crippen molar-refractivity contribution >= 4 is 11.9 Å². The van der Waals surface area contributed by atoms with Gasteiger partial charge in [0.25, 0.3) is 5.91 Å². The van der Waals surface area contributed by atoms with E-state index in [1.54, 1.807) is 19.1 Å². The third-order valence-electron chi connectivity index (χ3n) is 2.77. The molecule has 0 heterocycles. The Labute approximate surface area is 125 Å². The number of para-hydroxylation sites is 1. The number of hydrogen-bond acceptors (Lipinski definition) is 4. The van der Waals surface area contributed by atoms with Gasteiger partial charge in [-0.1, -0.05) is 24.3 Å². The molecule has 1 aromatic rings. The van der Waals surface area contributed by atoms with Crippen LogP contribution >= 0.6 is 0 Å². The fourth-order valence-corrected chi connectivity index (χ4v) is 1.72. The largest absolute Gasteiger partial charge is 0.484 e. The monoisotopic (exact) mass is 291 g/mol. The number of carbonyl (C=O) groups excluding carboxylic acids is 2. The fourth-order valence-electron chi connectivity index (χ4n) is 1.72. The Kier molecular flexibility index (Phi) is 7.01. The zero-order valence-electron chi connectivity index (χ0n) is 12.5. The number of hydrogen-bond donors (Lipinski definition) is 0. The minimum absolute atomic E-state index is 0.101. The minimum atomic E-state index is -0.441. The summed E-state index contributed by atoms with van der Waals surface area (Å²) in [6.45, 7) is 7.54. The maximum absolute atomic E-state index is 12.1. The Morgan fingerprint density at radius 2 is 2.05 bits per heavy atom. The lowest BCUT2D eigenvalue weighted by Crippen LogP contribution is -2.39. The molecule has 0 saturated carbocycles. The molecule has 0 aliphatic carbocycles. The molecule has 0 atom stereocenters. The smallest absolute Gasteiger partial charge is 0.325 e. The zero-order chi connectivity index (χ0) is 15.7. The average molecular weight is 291 g/mol. The van der Waals surface area contributed by atoms with E-state index in [1.165, 1.54) is 4.90 Å². The highest BCUT2D eigenvalue weighted by Crippen LogP contribution is 2.16. The van der Waals surface area contributed by atoms with Crippen molar-refractivity contribution in [1.82, 2.24) is 4.90 Å². The van der Waals surface area contributed by atoms with E-state index in [0.717, 1.165) is 5.56 Å². The molecule has 114 valence electrons. The number of ether oxygens (including phenoxy) is 2. The van der Waals surface area contributed by atoms with E-state index in [-0.39, 0.29) is 32.2 Å². The SMILES string of the molecule is C=CCN(CC(=O)OCC)C(=O)COc1ccccc1C. The molecule has 0 aliphatic rings. The van der Waals surface area contributed by atoms with Gasteiger partial charge in [0.15, 0.2) is 6.61 Å². The summed E-state index contributed by atoms with van der Waals surface area (Å²) in [6, 6.07) is 7.44. The highest BCUT2D eigenvalue weighted by molar-refractivity contribution is 5.83. The number of amides is 1. The van der Waals surface area contributed by atoms with Crippen LogP contribution in [-0.2, 0) is 14.3 Å². The van der Waals surface area contributed by atoms with Crippen molar-refractivity contribution in [3.05, 3.63) is 42.5 Å². The van der Waals surface area contributed by atoms with Gasteiger partial charge in [0.1, 0.15) is 12.3 Å². The number of rotatable bonds is 8. The Bertz CT molecular complexity index is 499. The van der Waals surface area contributed by atoms with Gasteiger partial charge in [-0.3, -0.25) is 9.59 Å². The number of esters is 1. The molecule has 0 saturated heterocycles. The quantitative estimate of drug-likeness (QED) is 0.542. The first kappa shape index (κ1) is 16.8. The summed E-state index contributed by atoms with van der Waals surface area (Å²) in [4.78, 5) is 24.9. The van der Waals surface area contributed by atoms with Crippen LogP contribution in [0, 0.1) is 6.92 Å². The molecule has 21 heavy (non-hydrogen) atoms. The molecule has 0 aliphatic heterocycles. The predicted molar refractivity (Wildman–Crippen MR) is 80.1 cm³/mol. The second-order valence-electron chi connectivity index (χ2n) is 4.42. The topological polar surface area (TPSA) is 55.8 Å². The molecule has 0 bridgehead atoms. The first-order valence-electron chi connectivity index (χ1n) is 6.81. The van der Waals surface area contributed by atoms with Gasteiger partial charge in [-0.25, -0.2) is 0 Å². The maximum Gasteiger partial charge on any atom is 0.325 e. The van der Waals surface area contributed by atoms with Gasteiger partial charge >= 0.3 is 5.97 Å². The van der Waals surface area contributed by atoms with Crippen LogP contribution < -0.4 is 4.74 Å². The standard InChI is InChI=1S/C16H21NO4/c1-4-10-17(11-16(19)20-5-2)15(18)12-21-14-9-7-6-8-13(14)3/h4,6-9H,1,5,10-12H2,2-3H3. The van der Waals surface area contributed by atoms with Crippen LogP contribution in [-0.4, -0.2) is 43.1 Å². The summed E-state index contributed by atoms with van der Waals surface area (Å²) < 4.78 is 10.3. The van der Waals surface area contributed by atoms with Crippen LogP contribution in [0.2, 0.25) is 0 Å². The fraction of sp³-hybridized carbons (Fsp3) is 0.375. The van der Waals surface area contributed by atoms with Crippen molar-refractivity contribution in [1.29, 1.82) is 0 Å². The predicted octanol–water partition coefficient (Wildman–Crippen LogP) is 1.95. The van der Waals surface area contributed by atoms with Crippen molar-refractivity contribution in [2.45, 2.75) is 13.8 Å². The van der Waals surface area contributed by atoms with Crippen LogP contribution in [0.25, 0.3) is 0 Å². The molecular weight excluding hydrogens is 270 g/mol. The van der Waals surface area contributed by atoms with Crippen molar-refractivity contribution < 1.29 is 19.1 Å². The van der Waals surface area contributed by atoms with E-state index < -0.39 is 5.97 Å². The van der Waals surface area contributed by atoms with E-state index in [9.17, 15) is 9.59 Å². The van der Waals surface area contributed by atoms with Crippen LogP contribution in [0.5, 0.6) is 5.75 Å². The lowest BCUT2D eigenvalue weighted by molar-refractivity contribution is -0.149. The van der Waals surface area contributed by atoms with Crippen molar-refractivity contribution in [2.75, 3.05) is 26.3 Å². The summed E-state index contributed by atoms with van der Waals surface area (Å²) in [6.07, 6.45) is 1.56. The molecular formula is C16H21NO4. The van der Waals surface area contributed by atoms with E-state index in [2.05, 4.69) is 6.58 Å². The zero-order valence-corrected chi connectivity index (χ0v) is 12.5. The Morgan fingerprint density at radius 1 is 1.33 bits per heavy atom. The summed E-state index contributed by atoms with van der Waals surface area (Å²) in [5.41, 5.74) is 0.950. The van der Waals surface area contributed by atoms with Crippen molar-refractivity contribution in [2.24, 2.45) is 0 Å². The molecule has 5 nitrogen and oxygen atoms in total. The first-order valence-corrected chi connectivity index (χ1v) is 6.81. The van der Waals surface area contributed by atoms with Crippen molar-refractivity contribution in [3.63, 3.8) is 0 Å². The number of nitrogens with zero attached hydrogens (tertiary/aromatic N) is 1. The molecule has 5 heteroatoms. The minimum Gasteiger partial charge on any atom is -0.484 e. The molecule has 0 unspecified atom stereocenters. The second kappa shape index (κ2) is 8.79. The van der Waals surface area contributed by atoms with E-state index in [1.807, 2.05) is 25.1 Å². The molecule has 0 spiro atoms. The van der Waals surface area contributed by atoms with Gasteiger partial charge in [-0.05, 0) is 25.5 Å². The Hall–Kier alpha value is -2.30. The van der Waals surface area contributed by atoms with Gasteiger partial charge in [0.2, 0.25) is 0 Å². The molecule has 1 amide bonds. The van der Waals surface area contributed by atoms with Crippen molar-refractivity contribution in [3.8, 4) is 5.75 Å². The van der Waals surface area contributed by atoms with Gasteiger partial charge in [0, 0.05) is 6.54 Å².